The first-order chi connectivity index (χ1) is 17.9. The second-order valence-corrected chi connectivity index (χ2v) is 11.5. The molecule has 5 nitrogen and oxygen atoms in total. The van der Waals surface area contributed by atoms with Crippen molar-refractivity contribution in [3.63, 3.8) is 0 Å². The molecule has 1 aromatic carbocycles. The molecule has 2 heterocycles. The van der Waals surface area contributed by atoms with Crippen LogP contribution in [-0.2, 0) is 17.9 Å². The maximum Gasteiger partial charge on any atom is 0.248 e. The van der Waals surface area contributed by atoms with Crippen molar-refractivity contribution in [3.8, 4) is 11.1 Å². The largest absolute Gasteiger partial charge is 0.371 e. The summed E-state index contributed by atoms with van der Waals surface area (Å²) in [6.45, 7) is 17.1. The van der Waals surface area contributed by atoms with E-state index in [0.717, 1.165) is 50.7 Å². The zero-order valence-corrected chi connectivity index (χ0v) is 23.4. The number of halogens is 2. The van der Waals surface area contributed by atoms with Crippen LogP contribution in [-0.4, -0.2) is 28.0 Å². The maximum absolute atomic E-state index is 13.8. The van der Waals surface area contributed by atoms with Crippen molar-refractivity contribution < 1.29 is 18.0 Å². The van der Waals surface area contributed by atoms with Gasteiger partial charge in [-0.2, -0.15) is 0 Å². The standard InChI is InChI=1S/C31H39F2N3O2/c1-20(28-21(2)35-38-22(28)3)16-27-29(34-7)26(18-36(27)17-23-12-14-31(32,33)15-13-23)25-10-8-24(9-11-25)19-37-30(4,5)6/h8-11,16,18,23H,7,12-15,17,19H2,1-6H3/b20-16+. The molecule has 0 aliphatic heterocycles. The molecule has 2 aromatic heterocycles. The molecule has 4 rings (SSSR count). The van der Waals surface area contributed by atoms with Crippen LogP contribution >= 0.6 is 0 Å². The SMILES string of the molecule is C=Nc1c(-c2ccc(COC(C)(C)C)cc2)cn(CC2CCC(F)(F)CC2)c1/C=C(\C)c1c(C)noc1C. The summed E-state index contributed by atoms with van der Waals surface area (Å²) >= 11 is 0. The van der Waals surface area contributed by atoms with Gasteiger partial charge in [-0.1, -0.05) is 29.4 Å². The minimum absolute atomic E-state index is 0.0558. The molecule has 3 aromatic rings. The van der Waals surface area contributed by atoms with Crippen LogP contribution in [0.5, 0.6) is 0 Å². The van der Waals surface area contributed by atoms with Gasteiger partial charge in [0.25, 0.3) is 0 Å². The number of benzene rings is 1. The molecule has 0 spiro atoms. The number of aliphatic imine (C=N–C) groups is 1. The Labute approximate surface area is 224 Å². The first-order valence-electron chi connectivity index (χ1n) is 13.3. The Hall–Kier alpha value is -3.06. The number of ether oxygens (including phenoxy) is 1. The molecule has 7 heteroatoms. The van der Waals surface area contributed by atoms with Crippen molar-refractivity contribution in [2.45, 2.75) is 91.9 Å². The van der Waals surface area contributed by atoms with E-state index in [0.29, 0.717) is 26.0 Å². The van der Waals surface area contributed by atoms with E-state index in [-0.39, 0.29) is 24.4 Å². The molecule has 0 atom stereocenters. The van der Waals surface area contributed by atoms with Crippen LogP contribution < -0.4 is 0 Å². The van der Waals surface area contributed by atoms with E-state index in [4.69, 9.17) is 9.26 Å². The highest BCUT2D eigenvalue weighted by atomic mass is 19.3. The summed E-state index contributed by atoms with van der Waals surface area (Å²) in [7, 11) is 0. The number of hydrogen-bond donors (Lipinski definition) is 0. The van der Waals surface area contributed by atoms with Crippen LogP contribution in [0.25, 0.3) is 22.8 Å². The summed E-state index contributed by atoms with van der Waals surface area (Å²) in [4.78, 5) is 4.45. The third kappa shape index (κ3) is 6.49. The third-order valence-corrected chi connectivity index (χ3v) is 7.26. The van der Waals surface area contributed by atoms with E-state index in [1.165, 1.54) is 0 Å². The Kier molecular flexibility index (Phi) is 8.07. The Bertz CT molecular complexity index is 1280. The minimum Gasteiger partial charge on any atom is -0.371 e. The lowest BCUT2D eigenvalue weighted by atomic mass is 9.86. The van der Waals surface area contributed by atoms with Gasteiger partial charge >= 0.3 is 0 Å². The van der Waals surface area contributed by atoms with Crippen molar-refractivity contribution in [1.29, 1.82) is 0 Å². The molecule has 1 aliphatic carbocycles. The van der Waals surface area contributed by atoms with E-state index in [1.807, 2.05) is 41.5 Å². The average molecular weight is 524 g/mol. The molecule has 0 saturated heterocycles. The Morgan fingerprint density at radius 2 is 1.87 bits per heavy atom. The lowest BCUT2D eigenvalue weighted by Crippen LogP contribution is -2.26. The van der Waals surface area contributed by atoms with Gasteiger partial charge in [-0.25, -0.2) is 8.78 Å². The summed E-state index contributed by atoms with van der Waals surface area (Å²) in [5.41, 5.74) is 7.34. The van der Waals surface area contributed by atoms with E-state index < -0.39 is 5.92 Å². The second-order valence-electron chi connectivity index (χ2n) is 11.5. The number of aryl methyl sites for hydroxylation is 2. The predicted molar refractivity (Wildman–Crippen MR) is 150 cm³/mol. The fraction of sp³-hybridized carbons (Fsp3) is 0.484. The number of allylic oxidation sites excluding steroid dienone is 1. The topological polar surface area (TPSA) is 52.5 Å². The van der Waals surface area contributed by atoms with Gasteiger partial charge in [-0.3, -0.25) is 4.99 Å². The van der Waals surface area contributed by atoms with E-state index in [1.54, 1.807) is 0 Å². The Morgan fingerprint density at radius 3 is 2.42 bits per heavy atom. The highest BCUT2D eigenvalue weighted by molar-refractivity contribution is 5.90. The normalized spacial score (nSPS) is 16.7. The van der Waals surface area contributed by atoms with E-state index >= 15 is 0 Å². The lowest BCUT2D eigenvalue weighted by Gasteiger charge is -2.28. The van der Waals surface area contributed by atoms with Gasteiger partial charge in [-0.05, 0) is 89.8 Å². The molecule has 0 amide bonds. The highest BCUT2D eigenvalue weighted by Crippen LogP contribution is 2.41. The summed E-state index contributed by atoms with van der Waals surface area (Å²) in [6.07, 6.45) is 5.07. The van der Waals surface area contributed by atoms with Gasteiger partial charge in [0.1, 0.15) is 5.76 Å². The molecule has 1 aliphatic rings. The fourth-order valence-electron chi connectivity index (χ4n) is 5.20. The van der Waals surface area contributed by atoms with Crippen LogP contribution in [0.3, 0.4) is 0 Å². The zero-order chi connectivity index (χ0) is 27.7. The molecule has 0 N–H and O–H groups in total. The summed E-state index contributed by atoms with van der Waals surface area (Å²) in [5.74, 6) is -1.62. The summed E-state index contributed by atoms with van der Waals surface area (Å²) in [6, 6.07) is 8.29. The highest BCUT2D eigenvalue weighted by Gasteiger charge is 2.35. The predicted octanol–water partition coefficient (Wildman–Crippen LogP) is 8.79. The van der Waals surface area contributed by atoms with Crippen molar-refractivity contribution >= 4 is 24.1 Å². The fourth-order valence-corrected chi connectivity index (χ4v) is 5.20. The molecule has 0 unspecified atom stereocenters. The molecular formula is C31H39F2N3O2. The smallest absolute Gasteiger partial charge is 0.248 e. The molecule has 0 radical (unpaired) electrons. The molecule has 1 fully saturated rings. The van der Waals surface area contributed by atoms with Crippen LogP contribution in [0.1, 0.15) is 81.7 Å². The van der Waals surface area contributed by atoms with Gasteiger partial charge in [-0.15, -0.1) is 0 Å². The first-order valence-corrected chi connectivity index (χ1v) is 13.3. The van der Waals surface area contributed by atoms with Crippen molar-refractivity contribution in [2.24, 2.45) is 10.9 Å². The van der Waals surface area contributed by atoms with Gasteiger partial charge in [0, 0.05) is 36.7 Å². The van der Waals surface area contributed by atoms with Crippen LogP contribution in [0, 0.1) is 19.8 Å². The number of aromatic nitrogens is 2. The van der Waals surface area contributed by atoms with Crippen molar-refractivity contribution in [3.05, 3.63) is 58.7 Å². The van der Waals surface area contributed by atoms with Crippen LogP contribution in [0.4, 0.5) is 14.5 Å². The number of rotatable bonds is 8. The molecular weight excluding hydrogens is 484 g/mol. The number of hydrogen-bond acceptors (Lipinski definition) is 4. The maximum atomic E-state index is 13.8. The Balaban J connectivity index is 1.72. The number of nitrogens with zero attached hydrogens (tertiary/aromatic N) is 3. The van der Waals surface area contributed by atoms with Crippen LogP contribution in [0.2, 0.25) is 0 Å². The molecule has 0 bridgehead atoms. The third-order valence-electron chi connectivity index (χ3n) is 7.26. The molecule has 204 valence electrons. The van der Waals surface area contributed by atoms with Gasteiger partial charge in [0.15, 0.2) is 0 Å². The van der Waals surface area contributed by atoms with Crippen LogP contribution in [0.15, 0.2) is 40.0 Å². The molecule has 38 heavy (non-hydrogen) atoms. The quantitative estimate of drug-likeness (QED) is 0.277. The Morgan fingerprint density at radius 1 is 1.21 bits per heavy atom. The van der Waals surface area contributed by atoms with E-state index in [2.05, 4.69) is 58.0 Å². The van der Waals surface area contributed by atoms with Crippen molar-refractivity contribution in [1.82, 2.24) is 9.72 Å². The minimum atomic E-state index is -2.55. The second kappa shape index (κ2) is 11.0. The summed E-state index contributed by atoms with van der Waals surface area (Å²) < 4.78 is 41.1. The average Bonchev–Trinajstić information content (AvgIpc) is 3.37. The van der Waals surface area contributed by atoms with Gasteiger partial charge in [0.05, 0.1) is 29.3 Å². The van der Waals surface area contributed by atoms with Gasteiger partial charge in [0.2, 0.25) is 5.92 Å². The number of alkyl halides is 2. The first kappa shape index (κ1) is 28.0. The summed E-state index contributed by atoms with van der Waals surface area (Å²) in [5, 5.41) is 4.10. The van der Waals surface area contributed by atoms with Crippen molar-refractivity contribution in [2.75, 3.05) is 0 Å². The van der Waals surface area contributed by atoms with E-state index in [9.17, 15) is 8.78 Å². The van der Waals surface area contributed by atoms with Gasteiger partial charge < -0.3 is 13.8 Å². The zero-order valence-electron chi connectivity index (χ0n) is 23.4. The lowest BCUT2D eigenvalue weighted by molar-refractivity contribution is -0.0473. The molecule has 1 saturated carbocycles. The monoisotopic (exact) mass is 523 g/mol.